The van der Waals surface area contributed by atoms with Crippen LogP contribution in [0, 0.1) is 11.3 Å². The minimum atomic E-state index is -3.83. The number of nitriles is 1. The largest absolute Gasteiger partial charge is 0.264 e. The Morgan fingerprint density at radius 2 is 2.00 bits per heavy atom. The van der Waals surface area contributed by atoms with Gasteiger partial charge in [0.2, 0.25) is 0 Å². The Hall–Kier alpha value is -2.46. The summed E-state index contributed by atoms with van der Waals surface area (Å²) in [7, 11) is -3.83. The van der Waals surface area contributed by atoms with Gasteiger partial charge in [0, 0.05) is 12.4 Å². The van der Waals surface area contributed by atoms with Crippen molar-refractivity contribution < 1.29 is 8.42 Å². The van der Waals surface area contributed by atoms with Gasteiger partial charge in [0.05, 0.1) is 11.8 Å². The maximum Gasteiger partial charge on any atom is 0.264 e. The van der Waals surface area contributed by atoms with Crippen molar-refractivity contribution in [2.75, 3.05) is 4.72 Å². The van der Waals surface area contributed by atoms with E-state index in [1.807, 2.05) is 6.07 Å². The summed E-state index contributed by atoms with van der Waals surface area (Å²) < 4.78 is 26.4. The first-order valence-corrected chi connectivity index (χ1v) is 6.40. The van der Waals surface area contributed by atoms with Gasteiger partial charge >= 0.3 is 0 Å². The summed E-state index contributed by atoms with van der Waals surface area (Å²) in [6.45, 7) is 0. The van der Waals surface area contributed by atoms with E-state index in [0.29, 0.717) is 0 Å². The van der Waals surface area contributed by atoms with Gasteiger partial charge in [-0.2, -0.15) is 5.26 Å². The summed E-state index contributed by atoms with van der Waals surface area (Å²) >= 11 is 0. The van der Waals surface area contributed by atoms with Crippen molar-refractivity contribution in [2.45, 2.75) is 4.90 Å². The van der Waals surface area contributed by atoms with Crippen molar-refractivity contribution in [3.8, 4) is 6.07 Å². The molecule has 7 heteroatoms. The average molecular weight is 260 g/mol. The molecular weight excluding hydrogens is 252 g/mol. The van der Waals surface area contributed by atoms with E-state index >= 15 is 0 Å². The fourth-order valence-electron chi connectivity index (χ4n) is 1.34. The summed E-state index contributed by atoms with van der Waals surface area (Å²) in [6, 6.07) is 7.77. The molecule has 0 unspecified atom stereocenters. The highest BCUT2D eigenvalue weighted by Crippen LogP contribution is 2.17. The molecular formula is C11H8N4O2S. The van der Waals surface area contributed by atoms with Crippen molar-refractivity contribution in [1.29, 1.82) is 5.26 Å². The number of rotatable bonds is 3. The second-order valence-corrected chi connectivity index (χ2v) is 4.95. The first kappa shape index (κ1) is 12.0. The van der Waals surface area contributed by atoms with Crippen molar-refractivity contribution in [3.05, 3.63) is 48.4 Å². The van der Waals surface area contributed by atoms with E-state index in [1.54, 1.807) is 12.1 Å². The predicted octanol–water partition coefficient (Wildman–Crippen LogP) is 1.15. The van der Waals surface area contributed by atoms with Crippen molar-refractivity contribution in [3.63, 3.8) is 0 Å². The molecule has 0 atom stereocenters. The van der Waals surface area contributed by atoms with Crippen LogP contribution < -0.4 is 4.72 Å². The zero-order valence-corrected chi connectivity index (χ0v) is 9.92. The number of nitrogens with zero attached hydrogens (tertiary/aromatic N) is 3. The summed E-state index contributed by atoms with van der Waals surface area (Å²) in [6.07, 6.45) is 4.08. The van der Waals surface area contributed by atoms with E-state index in [4.69, 9.17) is 5.26 Å². The molecule has 2 aromatic rings. The maximum atomic E-state index is 12.1. The fourth-order valence-corrected chi connectivity index (χ4v) is 2.49. The number of nitrogens with one attached hydrogen (secondary N) is 1. The highest BCUT2D eigenvalue weighted by Gasteiger charge is 2.18. The van der Waals surface area contributed by atoms with E-state index < -0.39 is 10.0 Å². The minimum absolute atomic E-state index is 0.0777. The highest BCUT2D eigenvalue weighted by molar-refractivity contribution is 7.92. The van der Waals surface area contributed by atoms with Crippen LogP contribution in [0.5, 0.6) is 0 Å². The second-order valence-electron chi connectivity index (χ2n) is 3.30. The number of sulfonamides is 1. The Morgan fingerprint density at radius 3 is 2.67 bits per heavy atom. The molecule has 18 heavy (non-hydrogen) atoms. The summed E-state index contributed by atoms with van der Waals surface area (Å²) in [5.74, 6) is 0.102. The minimum Gasteiger partial charge on any atom is -0.262 e. The lowest BCUT2D eigenvalue weighted by Gasteiger charge is -2.07. The lowest BCUT2D eigenvalue weighted by atomic mass is 10.2. The van der Waals surface area contributed by atoms with Gasteiger partial charge in [-0.1, -0.05) is 12.1 Å². The molecule has 1 N–H and O–H groups in total. The number of hydrogen-bond donors (Lipinski definition) is 1. The second kappa shape index (κ2) is 4.81. The van der Waals surface area contributed by atoms with E-state index in [1.165, 1.54) is 30.7 Å². The number of anilines is 1. The molecule has 0 radical (unpaired) electrons. The van der Waals surface area contributed by atoms with Crippen molar-refractivity contribution >= 4 is 15.8 Å². The maximum absolute atomic E-state index is 12.1. The van der Waals surface area contributed by atoms with E-state index in [2.05, 4.69) is 14.7 Å². The number of aromatic nitrogens is 2. The van der Waals surface area contributed by atoms with Gasteiger partial charge in [-0.25, -0.2) is 13.4 Å². The van der Waals surface area contributed by atoms with Crippen LogP contribution in [0.4, 0.5) is 5.82 Å². The normalized spacial score (nSPS) is 10.6. The van der Waals surface area contributed by atoms with Crippen LogP contribution >= 0.6 is 0 Å². The van der Waals surface area contributed by atoms with Gasteiger partial charge in [-0.15, -0.1) is 0 Å². The molecule has 0 amide bonds. The Morgan fingerprint density at radius 1 is 1.22 bits per heavy atom. The van der Waals surface area contributed by atoms with Crippen LogP contribution in [-0.4, -0.2) is 18.4 Å². The lowest BCUT2D eigenvalue weighted by Crippen LogP contribution is -2.15. The molecule has 0 fully saturated rings. The molecule has 0 aliphatic carbocycles. The summed E-state index contributed by atoms with van der Waals surface area (Å²) in [5.41, 5.74) is 0.0777. The quantitative estimate of drug-likeness (QED) is 0.893. The molecule has 0 spiro atoms. The molecule has 6 nitrogen and oxygen atoms in total. The molecule has 1 aromatic heterocycles. The van der Waals surface area contributed by atoms with Crippen molar-refractivity contribution in [1.82, 2.24) is 9.97 Å². The molecule has 0 aliphatic heterocycles. The van der Waals surface area contributed by atoms with Gasteiger partial charge in [0.1, 0.15) is 11.0 Å². The third-order valence-electron chi connectivity index (χ3n) is 2.10. The van der Waals surface area contributed by atoms with E-state index in [-0.39, 0.29) is 16.3 Å². The van der Waals surface area contributed by atoms with Crippen LogP contribution in [0.1, 0.15) is 5.56 Å². The molecule has 1 aromatic carbocycles. The molecule has 0 bridgehead atoms. The number of hydrogen-bond acceptors (Lipinski definition) is 5. The predicted molar refractivity (Wildman–Crippen MR) is 64.0 cm³/mol. The SMILES string of the molecule is N#Cc1ccccc1S(=O)(=O)Nc1cnccn1. The number of benzene rings is 1. The monoisotopic (exact) mass is 260 g/mol. The van der Waals surface area contributed by atoms with Crippen LogP contribution in [0.25, 0.3) is 0 Å². The smallest absolute Gasteiger partial charge is 0.262 e. The van der Waals surface area contributed by atoms with Crippen LogP contribution in [0.2, 0.25) is 0 Å². The summed E-state index contributed by atoms with van der Waals surface area (Å²) in [4.78, 5) is 7.47. The molecule has 2 rings (SSSR count). The lowest BCUT2D eigenvalue weighted by molar-refractivity contribution is 0.600. The first-order chi connectivity index (χ1) is 8.63. The topological polar surface area (TPSA) is 95.7 Å². The van der Waals surface area contributed by atoms with Gasteiger partial charge in [0.25, 0.3) is 10.0 Å². The summed E-state index contributed by atoms with van der Waals surface area (Å²) in [5, 5.41) is 8.88. The molecule has 90 valence electrons. The molecule has 0 saturated carbocycles. The van der Waals surface area contributed by atoms with Gasteiger partial charge in [-0.3, -0.25) is 9.71 Å². The van der Waals surface area contributed by atoms with Crippen molar-refractivity contribution in [2.24, 2.45) is 0 Å². The van der Waals surface area contributed by atoms with Gasteiger partial charge in [0.15, 0.2) is 5.82 Å². The van der Waals surface area contributed by atoms with Crippen LogP contribution in [-0.2, 0) is 10.0 Å². The van der Waals surface area contributed by atoms with Gasteiger partial charge < -0.3 is 0 Å². The van der Waals surface area contributed by atoms with E-state index in [0.717, 1.165) is 0 Å². The fraction of sp³-hybridized carbons (Fsp3) is 0. The highest BCUT2D eigenvalue weighted by atomic mass is 32.2. The Labute approximate surface area is 104 Å². The average Bonchev–Trinajstić information content (AvgIpc) is 2.39. The third kappa shape index (κ3) is 2.44. The zero-order chi connectivity index (χ0) is 13.0. The van der Waals surface area contributed by atoms with Crippen LogP contribution in [0.15, 0.2) is 47.8 Å². The van der Waals surface area contributed by atoms with Crippen LogP contribution in [0.3, 0.4) is 0 Å². The Kier molecular flexibility index (Phi) is 3.21. The first-order valence-electron chi connectivity index (χ1n) is 4.91. The zero-order valence-electron chi connectivity index (χ0n) is 9.11. The van der Waals surface area contributed by atoms with E-state index in [9.17, 15) is 8.42 Å². The molecule has 0 aliphatic rings. The Balaban J connectivity index is 2.41. The third-order valence-corrected chi connectivity index (χ3v) is 3.51. The Bertz CT molecular complexity index is 692. The van der Waals surface area contributed by atoms with Gasteiger partial charge in [-0.05, 0) is 12.1 Å². The molecule has 1 heterocycles. The standard InChI is InChI=1S/C11H8N4O2S/c12-7-9-3-1-2-4-10(9)18(16,17)15-11-8-13-5-6-14-11/h1-6,8H,(H,14,15). The molecule has 0 saturated heterocycles.